The van der Waals surface area contributed by atoms with Crippen LogP contribution in [0.2, 0.25) is 0 Å². The van der Waals surface area contributed by atoms with E-state index in [1.807, 2.05) is 65.0 Å². The zero-order chi connectivity index (χ0) is 32.8. The van der Waals surface area contributed by atoms with Crippen LogP contribution in [0.3, 0.4) is 0 Å². The number of aromatic nitrogens is 1. The van der Waals surface area contributed by atoms with Crippen molar-refractivity contribution in [3.05, 3.63) is 53.2 Å². The van der Waals surface area contributed by atoms with Gasteiger partial charge in [0.1, 0.15) is 12.6 Å². The SMILES string of the molecule is CC(C)Cc1nc(CC(C)CCNC(=O)OCc2ccccc2)oc1C(=O)CNC(=O)C(CC(C)C)NC(=O)N1CCOCC1. The van der Waals surface area contributed by atoms with E-state index in [4.69, 9.17) is 13.9 Å². The zero-order valence-electron chi connectivity index (χ0n) is 27.2. The van der Waals surface area contributed by atoms with Gasteiger partial charge in [0.25, 0.3) is 0 Å². The summed E-state index contributed by atoms with van der Waals surface area (Å²) in [4.78, 5) is 57.4. The number of Topliss-reactive ketones (excluding diaryl/α,β-unsaturated/α-hetero) is 1. The number of carbonyl (C=O) groups is 4. The number of nitrogens with zero attached hydrogens (tertiary/aromatic N) is 2. The van der Waals surface area contributed by atoms with Crippen molar-refractivity contribution in [3.8, 4) is 0 Å². The molecule has 0 spiro atoms. The normalized spacial score (nSPS) is 14.6. The molecule has 0 bridgehead atoms. The van der Waals surface area contributed by atoms with Crippen molar-refractivity contribution >= 4 is 23.8 Å². The molecule has 2 unspecified atom stereocenters. The van der Waals surface area contributed by atoms with E-state index in [9.17, 15) is 19.2 Å². The maximum absolute atomic E-state index is 13.3. The number of ether oxygens (including phenoxy) is 2. The third-order valence-corrected chi connectivity index (χ3v) is 7.28. The molecular weight excluding hydrogens is 578 g/mol. The summed E-state index contributed by atoms with van der Waals surface area (Å²) >= 11 is 0. The fourth-order valence-electron chi connectivity index (χ4n) is 4.91. The van der Waals surface area contributed by atoms with E-state index in [2.05, 4.69) is 20.9 Å². The third kappa shape index (κ3) is 12.5. The molecule has 1 fully saturated rings. The molecule has 45 heavy (non-hydrogen) atoms. The Labute approximate surface area is 266 Å². The smallest absolute Gasteiger partial charge is 0.407 e. The van der Waals surface area contributed by atoms with E-state index in [1.54, 1.807) is 4.90 Å². The highest BCUT2D eigenvalue weighted by atomic mass is 16.5. The van der Waals surface area contributed by atoms with Gasteiger partial charge in [0.05, 0.1) is 25.5 Å². The van der Waals surface area contributed by atoms with Gasteiger partial charge in [0.15, 0.2) is 11.7 Å². The van der Waals surface area contributed by atoms with Crippen molar-refractivity contribution in [2.45, 2.75) is 73.0 Å². The lowest BCUT2D eigenvalue weighted by atomic mass is 10.0. The van der Waals surface area contributed by atoms with Crippen LogP contribution in [0.1, 0.15) is 75.2 Å². The molecular formula is C33H49N5O7. The first-order chi connectivity index (χ1) is 21.5. The number of urea groups is 1. The molecule has 1 aliphatic rings. The van der Waals surface area contributed by atoms with Crippen LogP contribution in [0.4, 0.5) is 9.59 Å². The van der Waals surface area contributed by atoms with Crippen molar-refractivity contribution in [2.24, 2.45) is 17.8 Å². The van der Waals surface area contributed by atoms with Crippen LogP contribution in [0.25, 0.3) is 0 Å². The number of hydrogen-bond acceptors (Lipinski definition) is 8. The molecule has 0 aliphatic carbocycles. The second-order valence-electron chi connectivity index (χ2n) is 12.4. The van der Waals surface area contributed by atoms with Gasteiger partial charge in [0.2, 0.25) is 11.7 Å². The molecule has 1 aromatic carbocycles. The first kappa shape index (κ1) is 35.5. The van der Waals surface area contributed by atoms with Gasteiger partial charge < -0.3 is 34.7 Å². The molecule has 1 saturated heterocycles. The highest BCUT2D eigenvalue weighted by molar-refractivity contribution is 5.98. The lowest BCUT2D eigenvalue weighted by Crippen LogP contribution is -2.54. The summed E-state index contributed by atoms with van der Waals surface area (Å²) in [7, 11) is 0. The van der Waals surface area contributed by atoms with E-state index in [1.165, 1.54) is 0 Å². The molecule has 3 N–H and O–H groups in total. The van der Waals surface area contributed by atoms with E-state index >= 15 is 0 Å². The number of oxazole rings is 1. The van der Waals surface area contributed by atoms with E-state index in [-0.39, 0.29) is 48.5 Å². The molecule has 2 heterocycles. The Bertz CT molecular complexity index is 1240. The molecule has 4 amide bonds. The summed E-state index contributed by atoms with van der Waals surface area (Å²) < 4.78 is 16.5. The predicted molar refractivity (Wildman–Crippen MR) is 169 cm³/mol. The fourth-order valence-corrected chi connectivity index (χ4v) is 4.91. The topological polar surface area (TPSA) is 152 Å². The molecule has 12 heteroatoms. The summed E-state index contributed by atoms with van der Waals surface area (Å²) in [6.07, 6.45) is 1.64. The second-order valence-corrected chi connectivity index (χ2v) is 12.4. The molecule has 1 aliphatic heterocycles. The number of amides is 4. The average molecular weight is 628 g/mol. The quantitative estimate of drug-likeness (QED) is 0.235. The Morgan fingerprint density at radius 1 is 0.956 bits per heavy atom. The van der Waals surface area contributed by atoms with Gasteiger partial charge in [-0.3, -0.25) is 9.59 Å². The van der Waals surface area contributed by atoms with Crippen molar-refractivity contribution < 1.29 is 33.1 Å². The maximum atomic E-state index is 13.3. The van der Waals surface area contributed by atoms with Gasteiger partial charge in [-0.1, -0.05) is 65.0 Å². The number of morpholine rings is 1. The number of carbonyl (C=O) groups excluding carboxylic acids is 4. The molecule has 2 atom stereocenters. The molecule has 0 saturated carbocycles. The minimum atomic E-state index is -0.779. The van der Waals surface area contributed by atoms with Crippen molar-refractivity contribution in [1.29, 1.82) is 0 Å². The van der Waals surface area contributed by atoms with Gasteiger partial charge in [-0.15, -0.1) is 0 Å². The van der Waals surface area contributed by atoms with Crippen LogP contribution in [0.15, 0.2) is 34.7 Å². The molecule has 12 nitrogen and oxygen atoms in total. The number of benzene rings is 1. The first-order valence-electron chi connectivity index (χ1n) is 15.9. The van der Waals surface area contributed by atoms with Gasteiger partial charge in [0, 0.05) is 26.1 Å². The van der Waals surface area contributed by atoms with Gasteiger partial charge in [-0.25, -0.2) is 14.6 Å². The molecule has 3 rings (SSSR count). The summed E-state index contributed by atoms with van der Waals surface area (Å²) in [5.41, 5.74) is 1.48. The summed E-state index contributed by atoms with van der Waals surface area (Å²) in [5, 5.41) is 8.29. The number of hydrogen-bond donors (Lipinski definition) is 3. The number of ketones is 1. The Hall–Kier alpha value is -3.93. The maximum Gasteiger partial charge on any atom is 0.407 e. The number of nitrogens with one attached hydrogen (secondary N) is 3. The van der Waals surface area contributed by atoms with E-state index in [0.29, 0.717) is 70.1 Å². The Balaban J connectivity index is 1.52. The van der Waals surface area contributed by atoms with Crippen LogP contribution in [-0.4, -0.2) is 79.1 Å². The molecule has 1 aromatic heterocycles. The Morgan fingerprint density at radius 2 is 1.67 bits per heavy atom. The van der Waals surface area contributed by atoms with E-state index in [0.717, 1.165) is 5.56 Å². The summed E-state index contributed by atoms with van der Waals surface area (Å²) in [5.74, 6) is 0.274. The largest absolute Gasteiger partial charge is 0.445 e. The van der Waals surface area contributed by atoms with E-state index < -0.39 is 18.0 Å². The summed E-state index contributed by atoms with van der Waals surface area (Å²) in [6, 6.07) is 8.37. The fraction of sp³-hybridized carbons (Fsp3) is 0.606. The Kier molecular flexibility index (Phi) is 14.3. The van der Waals surface area contributed by atoms with Crippen molar-refractivity contribution in [2.75, 3.05) is 39.4 Å². The molecule has 248 valence electrons. The second kappa shape index (κ2) is 18.1. The zero-order valence-corrected chi connectivity index (χ0v) is 27.2. The minimum absolute atomic E-state index is 0.111. The van der Waals surface area contributed by atoms with Gasteiger partial charge >= 0.3 is 12.1 Å². The Morgan fingerprint density at radius 3 is 2.33 bits per heavy atom. The average Bonchev–Trinajstić information content (AvgIpc) is 3.40. The molecule has 2 aromatic rings. The van der Waals surface area contributed by atoms with Crippen LogP contribution in [0.5, 0.6) is 0 Å². The monoisotopic (exact) mass is 627 g/mol. The van der Waals surface area contributed by atoms with Crippen LogP contribution < -0.4 is 16.0 Å². The highest BCUT2D eigenvalue weighted by Gasteiger charge is 2.27. The first-order valence-corrected chi connectivity index (χ1v) is 15.9. The summed E-state index contributed by atoms with van der Waals surface area (Å²) in [6.45, 7) is 12.2. The third-order valence-electron chi connectivity index (χ3n) is 7.28. The lowest BCUT2D eigenvalue weighted by Gasteiger charge is -2.29. The number of alkyl carbamates (subject to hydrolysis) is 1. The van der Waals surface area contributed by atoms with Crippen LogP contribution >= 0.6 is 0 Å². The van der Waals surface area contributed by atoms with Gasteiger partial charge in [-0.2, -0.15) is 0 Å². The van der Waals surface area contributed by atoms with Crippen molar-refractivity contribution in [1.82, 2.24) is 25.8 Å². The standard InChI is InChI=1S/C33H49N5O7/c1-22(2)17-26-30(28(39)20-35-31(40)27(18-23(3)4)37-32(41)38-13-15-43-16-14-38)45-29(36-26)19-24(5)11-12-34-33(42)44-21-25-9-7-6-8-10-25/h6-10,22-24,27H,11-21H2,1-5H3,(H,34,42)(H,35,40)(H,37,41). The number of rotatable bonds is 16. The van der Waals surface area contributed by atoms with Gasteiger partial charge in [-0.05, 0) is 42.6 Å². The lowest BCUT2D eigenvalue weighted by molar-refractivity contribution is -0.123. The predicted octanol–water partition coefficient (Wildman–Crippen LogP) is 4.12. The van der Waals surface area contributed by atoms with Crippen molar-refractivity contribution in [3.63, 3.8) is 0 Å². The minimum Gasteiger partial charge on any atom is -0.445 e. The van der Waals surface area contributed by atoms with Crippen LogP contribution in [-0.2, 0) is 33.7 Å². The molecule has 0 radical (unpaired) electrons. The van der Waals surface area contributed by atoms with Crippen LogP contribution in [0, 0.1) is 17.8 Å². The highest BCUT2D eigenvalue weighted by Crippen LogP contribution is 2.19.